The van der Waals surface area contributed by atoms with E-state index in [1.807, 2.05) is 24.4 Å². The predicted molar refractivity (Wildman–Crippen MR) is 98.5 cm³/mol. The largest absolute Gasteiger partial charge is 0.367 e. The zero-order valence-corrected chi connectivity index (χ0v) is 14.3. The van der Waals surface area contributed by atoms with Gasteiger partial charge in [0.1, 0.15) is 17.8 Å². The van der Waals surface area contributed by atoms with Crippen molar-refractivity contribution in [1.82, 2.24) is 19.9 Å². The number of nitrogens with one attached hydrogen (secondary N) is 2. The first-order valence-electron chi connectivity index (χ1n) is 8.24. The van der Waals surface area contributed by atoms with Gasteiger partial charge in [-0.25, -0.2) is 9.97 Å². The Morgan fingerprint density at radius 3 is 2.88 bits per heavy atom. The summed E-state index contributed by atoms with van der Waals surface area (Å²) in [6.07, 6.45) is 5.83. The summed E-state index contributed by atoms with van der Waals surface area (Å²) < 4.78 is 0. The van der Waals surface area contributed by atoms with Gasteiger partial charge in [-0.2, -0.15) is 0 Å². The van der Waals surface area contributed by atoms with Crippen molar-refractivity contribution in [2.75, 3.05) is 25.5 Å². The molecule has 1 saturated heterocycles. The minimum atomic E-state index is 0.446. The average molecular weight is 342 g/mol. The number of likely N-dealkylation sites (tertiary alicyclic amines) is 1. The van der Waals surface area contributed by atoms with Crippen molar-refractivity contribution >= 4 is 28.5 Å². The van der Waals surface area contributed by atoms with E-state index in [4.69, 9.17) is 11.6 Å². The van der Waals surface area contributed by atoms with Crippen molar-refractivity contribution < 1.29 is 0 Å². The molecule has 2 N–H and O–H groups in total. The molecule has 0 spiro atoms. The molecule has 0 atom stereocenters. The predicted octanol–water partition coefficient (Wildman–Crippen LogP) is 3.78. The van der Waals surface area contributed by atoms with E-state index < -0.39 is 0 Å². The number of aromatic nitrogens is 3. The van der Waals surface area contributed by atoms with E-state index in [0.29, 0.717) is 6.04 Å². The lowest BCUT2D eigenvalue weighted by Crippen LogP contribution is -2.36. The molecule has 0 saturated carbocycles. The molecule has 24 heavy (non-hydrogen) atoms. The Hall–Kier alpha value is -2.11. The molecule has 1 aliphatic rings. The van der Waals surface area contributed by atoms with Crippen molar-refractivity contribution in [3.63, 3.8) is 0 Å². The molecule has 1 fully saturated rings. The van der Waals surface area contributed by atoms with Gasteiger partial charge in [0.25, 0.3) is 0 Å². The maximum atomic E-state index is 6.16. The fourth-order valence-corrected chi connectivity index (χ4v) is 3.49. The molecule has 0 radical (unpaired) electrons. The second-order valence-electron chi connectivity index (χ2n) is 6.38. The monoisotopic (exact) mass is 341 g/mol. The molecule has 3 heterocycles. The third kappa shape index (κ3) is 2.97. The third-order valence-corrected chi connectivity index (χ3v) is 4.90. The Bertz CT molecular complexity index is 851. The van der Waals surface area contributed by atoms with Gasteiger partial charge < -0.3 is 15.2 Å². The number of hydrogen-bond donors (Lipinski definition) is 2. The van der Waals surface area contributed by atoms with Crippen LogP contribution in [-0.2, 0) is 0 Å². The highest BCUT2D eigenvalue weighted by Crippen LogP contribution is 2.33. The van der Waals surface area contributed by atoms with E-state index in [0.717, 1.165) is 58.9 Å². The highest BCUT2D eigenvalue weighted by atomic mass is 35.5. The van der Waals surface area contributed by atoms with Gasteiger partial charge in [0.15, 0.2) is 0 Å². The number of H-pyrrole nitrogens is 1. The van der Waals surface area contributed by atoms with Crippen molar-refractivity contribution in [3.05, 3.63) is 41.8 Å². The fraction of sp³-hybridized carbons (Fsp3) is 0.333. The first-order valence-corrected chi connectivity index (χ1v) is 8.61. The van der Waals surface area contributed by atoms with Gasteiger partial charge in [-0.15, -0.1) is 0 Å². The van der Waals surface area contributed by atoms with Crippen LogP contribution in [-0.4, -0.2) is 46.0 Å². The van der Waals surface area contributed by atoms with Crippen LogP contribution in [0.3, 0.4) is 0 Å². The molecule has 4 rings (SSSR count). The van der Waals surface area contributed by atoms with Crippen LogP contribution < -0.4 is 5.32 Å². The molecule has 124 valence electrons. The summed E-state index contributed by atoms with van der Waals surface area (Å²) in [6.45, 7) is 2.22. The van der Waals surface area contributed by atoms with Gasteiger partial charge in [0.05, 0.1) is 5.39 Å². The molecule has 0 aliphatic carbocycles. The summed E-state index contributed by atoms with van der Waals surface area (Å²) in [6, 6.07) is 8.32. The summed E-state index contributed by atoms with van der Waals surface area (Å²) in [7, 11) is 2.17. The quantitative estimate of drug-likeness (QED) is 0.761. The SMILES string of the molecule is CN1CCC(Nc2ncnc3[nH]cc(-c4cccc(Cl)c4)c23)CC1. The lowest BCUT2D eigenvalue weighted by molar-refractivity contribution is 0.264. The molecule has 1 aliphatic heterocycles. The van der Waals surface area contributed by atoms with Crippen LogP contribution in [0.2, 0.25) is 5.02 Å². The summed E-state index contributed by atoms with van der Waals surface area (Å²) in [5.74, 6) is 0.894. The molecule has 0 bridgehead atoms. The second kappa shape index (κ2) is 6.42. The van der Waals surface area contributed by atoms with E-state index in [1.54, 1.807) is 6.33 Å². The molecule has 1 aromatic carbocycles. The maximum Gasteiger partial charge on any atom is 0.143 e. The second-order valence-corrected chi connectivity index (χ2v) is 6.82. The van der Waals surface area contributed by atoms with E-state index in [2.05, 4.69) is 38.3 Å². The lowest BCUT2D eigenvalue weighted by Gasteiger charge is -2.30. The van der Waals surface area contributed by atoms with Crippen molar-refractivity contribution in [1.29, 1.82) is 0 Å². The van der Waals surface area contributed by atoms with Crippen molar-refractivity contribution in [2.24, 2.45) is 0 Å². The lowest BCUT2D eigenvalue weighted by atomic mass is 10.0. The minimum Gasteiger partial charge on any atom is -0.367 e. The summed E-state index contributed by atoms with van der Waals surface area (Å²) in [4.78, 5) is 14.5. The Balaban J connectivity index is 1.72. The van der Waals surface area contributed by atoms with Crippen molar-refractivity contribution in [3.8, 4) is 11.1 Å². The third-order valence-electron chi connectivity index (χ3n) is 4.66. The number of hydrogen-bond acceptors (Lipinski definition) is 4. The van der Waals surface area contributed by atoms with Crippen LogP contribution in [0.15, 0.2) is 36.8 Å². The number of aromatic amines is 1. The van der Waals surface area contributed by atoms with E-state index in [1.165, 1.54) is 0 Å². The molecule has 5 nitrogen and oxygen atoms in total. The smallest absolute Gasteiger partial charge is 0.143 e. The van der Waals surface area contributed by atoms with Crippen molar-refractivity contribution in [2.45, 2.75) is 18.9 Å². The van der Waals surface area contributed by atoms with Crippen LogP contribution in [0, 0.1) is 0 Å². The first kappa shape index (κ1) is 15.4. The highest BCUT2D eigenvalue weighted by Gasteiger charge is 2.19. The summed E-state index contributed by atoms with van der Waals surface area (Å²) >= 11 is 6.16. The topological polar surface area (TPSA) is 56.8 Å². The average Bonchev–Trinajstić information content (AvgIpc) is 3.02. The molecule has 0 unspecified atom stereocenters. The van der Waals surface area contributed by atoms with Gasteiger partial charge in [0, 0.05) is 22.8 Å². The highest BCUT2D eigenvalue weighted by molar-refractivity contribution is 6.31. The van der Waals surface area contributed by atoms with Crippen LogP contribution in [0.25, 0.3) is 22.2 Å². The Labute approximate surface area is 146 Å². The molecular weight excluding hydrogens is 322 g/mol. The first-order chi connectivity index (χ1) is 11.7. The van der Waals surface area contributed by atoms with Gasteiger partial charge in [0.2, 0.25) is 0 Å². The Kier molecular flexibility index (Phi) is 4.12. The molecule has 6 heteroatoms. The van der Waals surface area contributed by atoms with Gasteiger partial charge in [-0.1, -0.05) is 23.7 Å². The molecular formula is C18H20ClN5. The van der Waals surface area contributed by atoms with E-state index in [9.17, 15) is 0 Å². The van der Waals surface area contributed by atoms with Gasteiger partial charge >= 0.3 is 0 Å². The summed E-state index contributed by atoms with van der Waals surface area (Å²) in [5.41, 5.74) is 2.98. The fourth-order valence-electron chi connectivity index (χ4n) is 3.30. The van der Waals surface area contributed by atoms with E-state index >= 15 is 0 Å². The van der Waals surface area contributed by atoms with Crippen LogP contribution >= 0.6 is 11.6 Å². The number of halogens is 1. The van der Waals surface area contributed by atoms with Crippen LogP contribution in [0.5, 0.6) is 0 Å². The number of piperidine rings is 1. The Morgan fingerprint density at radius 2 is 2.08 bits per heavy atom. The maximum absolute atomic E-state index is 6.16. The number of fused-ring (bicyclic) bond motifs is 1. The number of nitrogens with zero attached hydrogens (tertiary/aromatic N) is 3. The standard InChI is InChI=1S/C18H20ClN5/c1-24-7-5-14(6-8-24)23-18-16-15(10-20-17(16)21-11-22-18)12-3-2-4-13(19)9-12/h2-4,9-11,14H,5-8H2,1H3,(H2,20,21,22,23). The number of benzene rings is 1. The Morgan fingerprint density at radius 1 is 1.25 bits per heavy atom. The molecule has 2 aromatic heterocycles. The van der Waals surface area contributed by atoms with Crippen LogP contribution in [0.1, 0.15) is 12.8 Å². The number of anilines is 1. The van der Waals surface area contributed by atoms with E-state index in [-0.39, 0.29) is 0 Å². The molecule has 3 aromatic rings. The normalized spacial score (nSPS) is 16.6. The van der Waals surface area contributed by atoms with Gasteiger partial charge in [-0.05, 0) is 50.7 Å². The molecule has 0 amide bonds. The minimum absolute atomic E-state index is 0.446. The zero-order chi connectivity index (χ0) is 16.5. The number of rotatable bonds is 3. The van der Waals surface area contributed by atoms with Gasteiger partial charge in [-0.3, -0.25) is 0 Å². The summed E-state index contributed by atoms with van der Waals surface area (Å²) in [5, 5.41) is 5.38. The zero-order valence-electron chi connectivity index (χ0n) is 13.6. The van der Waals surface area contributed by atoms with Crippen LogP contribution in [0.4, 0.5) is 5.82 Å².